The summed E-state index contributed by atoms with van der Waals surface area (Å²) in [5.74, 6) is 0. The minimum Gasteiger partial charge on any atom is -0.330 e. The minimum atomic E-state index is 0.601. The molecule has 0 bridgehead atoms. The Morgan fingerprint density at radius 1 is 1.40 bits per heavy atom. The highest BCUT2D eigenvalue weighted by Crippen LogP contribution is 2.19. The highest BCUT2D eigenvalue weighted by molar-refractivity contribution is 6.30. The predicted octanol–water partition coefficient (Wildman–Crippen LogP) is 1.42. The average molecular weight is 223 g/mol. The molecule has 0 saturated heterocycles. The second kappa shape index (κ2) is 4.42. The maximum Gasteiger partial charge on any atom is 0.138 e. The zero-order valence-corrected chi connectivity index (χ0v) is 8.85. The van der Waals surface area contributed by atoms with Crippen LogP contribution in [0.1, 0.15) is 5.56 Å². The van der Waals surface area contributed by atoms with Crippen LogP contribution in [-0.2, 0) is 6.42 Å². The van der Waals surface area contributed by atoms with E-state index in [1.807, 2.05) is 18.2 Å². The predicted molar refractivity (Wildman–Crippen MR) is 59.1 cm³/mol. The molecule has 1 aromatic heterocycles. The Hall–Kier alpha value is -1.39. The number of benzene rings is 1. The topological polar surface area (TPSA) is 56.7 Å². The Bertz CT molecular complexity index is 439. The molecule has 4 nitrogen and oxygen atoms in total. The van der Waals surface area contributed by atoms with Crippen molar-refractivity contribution in [2.75, 3.05) is 6.54 Å². The van der Waals surface area contributed by atoms with Crippen molar-refractivity contribution in [2.45, 2.75) is 6.42 Å². The monoisotopic (exact) mass is 222 g/mol. The summed E-state index contributed by atoms with van der Waals surface area (Å²) in [6.07, 6.45) is 3.94. The summed E-state index contributed by atoms with van der Waals surface area (Å²) < 4.78 is 1.69. The summed E-state index contributed by atoms with van der Waals surface area (Å²) in [6, 6.07) is 5.68. The van der Waals surface area contributed by atoms with E-state index in [-0.39, 0.29) is 0 Å². The second-order valence-corrected chi connectivity index (χ2v) is 3.59. The quantitative estimate of drug-likeness (QED) is 0.855. The molecule has 0 saturated carbocycles. The van der Waals surface area contributed by atoms with Gasteiger partial charge in [0, 0.05) is 5.02 Å². The van der Waals surface area contributed by atoms with Crippen molar-refractivity contribution in [1.29, 1.82) is 0 Å². The lowest BCUT2D eigenvalue weighted by molar-refractivity contribution is 0.849. The molecule has 0 aliphatic heterocycles. The number of aromatic nitrogens is 3. The van der Waals surface area contributed by atoms with Crippen LogP contribution in [0.4, 0.5) is 0 Å². The fourth-order valence-corrected chi connectivity index (χ4v) is 1.62. The molecular formula is C10H11ClN4. The third kappa shape index (κ3) is 2.16. The lowest BCUT2D eigenvalue weighted by Gasteiger charge is -2.08. The second-order valence-electron chi connectivity index (χ2n) is 3.15. The van der Waals surface area contributed by atoms with E-state index in [4.69, 9.17) is 17.3 Å². The van der Waals surface area contributed by atoms with Crippen LogP contribution in [0.2, 0.25) is 5.02 Å². The summed E-state index contributed by atoms with van der Waals surface area (Å²) in [4.78, 5) is 3.91. The fourth-order valence-electron chi connectivity index (χ4n) is 1.45. The van der Waals surface area contributed by atoms with Crippen LogP contribution >= 0.6 is 11.6 Å². The maximum atomic E-state index is 5.94. The van der Waals surface area contributed by atoms with Crippen LogP contribution in [-0.4, -0.2) is 21.3 Å². The number of rotatable bonds is 3. The molecule has 0 spiro atoms. The van der Waals surface area contributed by atoms with E-state index in [2.05, 4.69) is 10.1 Å². The molecule has 5 heteroatoms. The molecule has 0 radical (unpaired) electrons. The van der Waals surface area contributed by atoms with Crippen LogP contribution in [0.3, 0.4) is 0 Å². The molecule has 1 aromatic carbocycles. The normalized spacial score (nSPS) is 10.5. The first kappa shape index (κ1) is 10.1. The van der Waals surface area contributed by atoms with Crippen molar-refractivity contribution in [1.82, 2.24) is 14.8 Å². The average Bonchev–Trinajstić information content (AvgIpc) is 2.74. The number of halogens is 1. The molecule has 2 aromatic rings. The van der Waals surface area contributed by atoms with Gasteiger partial charge in [-0.25, -0.2) is 9.67 Å². The van der Waals surface area contributed by atoms with E-state index in [1.54, 1.807) is 11.0 Å². The van der Waals surface area contributed by atoms with Crippen molar-refractivity contribution in [3.05, 3.63) is 41.4 Å². The summed E-state index contributed by atoms with van der Waals surface area (Å²) in [5.41, 5.74) is 7.60. The molecule has 0 amide bonds. The first-order valence-electron chi connectivity index (χ1n) is 4.65. The molecule has 1 heterocycles. The van der Waals surface area contributed by atoms with E-state index in [0.717, 1.165) is 17.7 Å². The van der Waals surface area contributed by atoms with Crippen molar-refractivity contribution >= 4 is 11.6 Å². The molecule has 0 atom stereocenters. The van der Waals surface area contributed by atoms with E-state index < -0.39 is 0 Å². The highest BCUT2D eigenvalue weighted by Gasteiger charge is 2.05. The first-order chi connectivity index (χ1) is 7.31. The smallest absolute Gasteiger partial charge is 0.138 e. The fraction of sp³-hybridized carbons (Fsp3) is 0.200. The van der Waals surface area contributed by atoms with Crippen LogP contribution in [0, 0.1) is 0 Å². The lowest BCUT2D eigenvalue weighted by atomic mass is 10.1. The lowest BCUT2D eigenvalue weighted by Crippen LogP contribution is -2.07. The molecule has 78 valence electrons. The van der Waals surface area contributed by atoms with Gasteiger partial charge >= 0.3 is 0 Å². The zero-order valence-electron chi connectivity index (χ0n) is 8.10. The van der Waals surface area contributed by atoms with E-state index in [1.165, 1.54) is 6.33 Å². The number of nitrogens with zero attached hydrogens (tertiary/aromatic N) is 3. The summed E-state index contributed by atoms with van der Waals surface area (Å²) >= 11 is 5.94. The van der Waals surface area contributed by atoms with Crippen LogP contribution in [0.15, 0.2) is 30.9 Å². The third-order valence-corrected chi connectivity index (χ3v) is 2.36. The Morgan fingerprint density at radius 2 is 2.27 bits per heavy atom. The first-order valence-corrected chi connectivity index (χ1v) is 5.02. The minimum absolute atomic E-state index is 0.601. The molecular weight excluding hydrogens is 212 g/mol. The standard InChI is InChI=1S/C10H11ClN4/c11-9-2-1-8(3-4-12)10(5-9)15-7-13-6-14-15/h1-2,5-7H,3-4,12H2. The van der Waals surface area contributed by atoms with Crippen LogP contribution < -0.4 is 5.73 Å². The van der Waals surface area contributed by atoms with Crippen LogP contribution in [0.25, 0.3) is 5.69 Å². The van der Waals surface area contributed by atoms with Gasteiger partial charge in [0.25, 0.3) is 0 Å². The molecule has 0 aliphatic rings. The Labute approximate surface area is 92.7 Å². The van der Waals surface area contributed by atoms with E-state index in [0.29, 0.717) is 11.6 Å². The highest BCUT2D eigenvalue weighted by atomic mass is 35.5. The number of hydrogen-bond acceptors (Lipinski definition) is 3. The van der Waals surface area contributed by atoms with E-state index in [9.17, 15) is 0 Å². The van der Waals surface area contributed by atoms with Gasteiger partial charge in [-0.3, -0.25) is 0 Å². The summed E-state index contributed by atoms with van der Waals surface area (Å²) in [7, 11) is 0. The van der Waals surface area contributed by atoms with Gasteiger partial charge in [-0.1, -0.05) is 17.7 Å². The van der Waals surface area contributed by atoms with Gasteiger partial charge in [-0.2, -0.15) is 5.10 Å². The zero-order chi connectivity index (χ0) is 10.7. The van der Waals surface area contributed by atoms with Gasteiger partial charge in [0.2, 0.25) is 0 Å². The molecule has 2 N–H and O–H groups in total. The Morgan fingerprint density at radius 3 is 2.93 bits per heavy atom. The third-order valence-electron chi connectivity index (χ3n) is 2.13. The molecule has 2 rings (SSSR count). The molecule has 15 heavy (non-hydrogen) atoms. The van der Waals surface area contributed by atoms with Gasteiger partial charge in [0.05, 0.1) is 5.69 Å². The molecule has 0 aliphatic carbocycles. The number of hydrogen-bond donors (Lipinski definition) is 1. The largest absolute Gasteiger partial charge is 0.330 e. The summed E-state index contributed by atoms with van der Waals surface area (Å²) in [5, 5.41) is 4.76. The van der Waals surface area contributed by atoms with Gasteiger partial charge < -0.3 is 5.73 Å². The van der Waals surface area contributed by atoms with Gasteiger partial charge in [0.15, 0.2) is 0 Å². The Balaban J connectivity index is 2.47. The van der Waals surface area contributed by atoms with Gasteiger partial charge in [-0.05, 0) is 30.7 Å². The van der Waals surface area contributed by atoms with Crippen molar-refractivity contribution in [2.24, 2.45) is 5.73 Å². The molecule has 0 fully saturated rings. The van der Waals surface area contributed by atoms with E-state index >= 15 is 0 Å². The van der Waals surface area contributed by atoms with Gasteiger partial charge in [-0.15, -0.1) is 0 Å². The van der Waals surface area contributed by atoms with Crippen molar-refractivity contribution in [3.63, 3.8) is 0 Å². The van der Waals surface area contributed by atoms with Crippen LogP contribution in [0.5, 0.6) is 0 Å². The maximum absolute atomic E-state index is 5.94. The summed E-state index contributed by atoms with van der Waals surface area (Å²) in [6.45, 7) is 0.601. The van der Waals surface area contributed by atoms with Crippen molar-refractivity contribution in [3.8, 4) is 5.69 Å². The SMILES string of the molecule is NCCc1ccc(Cl)cc1-n1cncn1. The number of nitrogens with two attached hydrogens (primary N) is 1. The molecule has 0 unspecified atom stereocenters. The van der Waals surface area contributed by atoms with Gasteiger partial charge in [0.1, 0.15) is 12.7 Å². The Kier molecular flexibility index (Phi) is 2.99. The van der Waals surface area contributed by atoms with Crippen molar-refractivity contribution < 1.29 is 0 Å².